The molecule has 112 valence electrons. The summed E-state index contributed by atoms with van der Waals surface area (Å²) >= 11 is 0. The molecule has 0 amide bonds. The van der Waals surface area contributed by atoms with Crippen LogP contribution in [0.15, 0.2) is 24.3 Å². The van der Waals surface area contributed by atoms with E-state index in [0.29, 0.717) is 11.8 Å². The molecule has 0 radical (unpaired) electrons. The Kier molecular flexibility index (Phi) is 5.47. The van der Waals surface area contributed by atoms with Crippen LogP contribution in [-0.4, -0.2) is 29.1 Å². The normalized spacial score (nSPS) is 24.8. The molecule has 1 unspecified atom stereocenters. The van der Waals surface area contributed by atoms with Gasteiger partial charge in [-0.2, -0.15) is 0 Å². The average molecular weight is 275 g/mol. The number of aryl methyl sites for hydroxylation is 1. The number of benzene rings is 1. The van der Waals surface area contributed by atoms with Crippen molar-refractivity contribution in [2.45, 2.75) is 64.5 Å². The lowest BCUT2D eigenvalue weighted by atomic mass is 9.86. The maximum absolute atomic E-state index is 9.31. The maximum Gasteiger partial charge on any atom is 0.115 e. The van der Waals surface area contributed by atoms with Gasteiger partial charge in [-0.05, 0) is 76.1 Å². The molecule has 0 aromatic heterocycles. The lowest BCUT2D eigenvalue weighted by Crippen LogP contribution is -2.40. The number of phenols is 1. The summed E-state index contributed by atoms with van der Waals surface area (Å²) in [7, 11) is 2.29. The van der Waals surface area contributed by atoms with Crippen molar-refractivity contribution in [3.8, 4) is 5.75 Å². The largest absolute Gasteiger partial charge is 0.508 e. The van der Waals surface area contributed by atoms with E-state index in [2.05, 4.69) is 25.8 Å². The molecule has 0 bridgehead atoms. The van der Waals surface area contributed by atoms with Crippen LogP contribution in [0.25, 0.3) is 0 Å². The van der Waals surface area contributed by atoms with Gasteiger partial charge in [-0.25, -0.2) is 0 Å². The molecule has 1 aromatic rings. The second-order valence-electron chi connectivity index (χ2n) is 6.63. The smallest absolute Gasteiger partial charge is 0.115 e. The Bertz CT molecular complexity index is 392. The fourth-order valence-corrected chi connectivity index (χ4v) is 3.25. The number of nitrogens with zero attached hydrogens (tertiary/aromatic N) is 1. The molecule has 0 spiro atoms. The van der Waals surface area contributed by atoms with E-state index in [1.807, 2.05) is 12.1 Å². The molecule has 20 heavy (non-hydrogen) atoms. The van der Waals surface area contributed by atoms with E-state index in [1.165, 1.54) is 37.7 Å². The topological polar surface area (TPSA) is 23.5 Å². The van der Waals surface area contributed by atoms with Gasteiger partial charge >= 0.3 is 0 Å². The Morgan fingerprint density at radius 2 is 1.75 bits per heavy atom. The first-order chi connectivity index (χ1) is 9.56. The monoisotopic (exact) mass is 275 g/mol. The summed E-state index contributed by atoms with van der Waals surface area (Å²) in [5.74, 6) is 1.28. The molecule has 0 aliphatic heterocycles. The summed E-state index contributed by atoms with van der Waals surface area (Å²) in [5, 5.41) is 9.31. The van der Waals surface area contributed by atoms with Gasteiger partial charge in [-0.1, -0.05) is 19.1 Å². The zero-order chi connectivity index (χ0) is 14.5. The Morgan fingerprint density at radius 1 is 1.15 bits per heavy atom. The number of aromatic hydroxyl groups is 1. The van der Waals surface area contributed by atoms with Gasteiger partial charge in [0.05, 0.1) is 0 Å². The Balaban J connectivity index is 1.78. The minimum absolute atomic E-state index is 0.357. The van der Waals surface area contributed by atoms with E-state index in [1.54, 1.807) is 12.1 Å². The quantitative estimate of drug-likeness (QED) is 0.869. The van der Waals surface area contributed by atoms with Crippen molar-refractivity contribution in [1.29, 1.82) is 0 Å². The van der Waals surface area contributed by atoms with Gasteiger partial charge in [0.2, 0.25) is 0 Å². The van der Waals surface area contributed by atoms with Crippen molar-refractivity contribution in [3.05, 3.63) is 29.8 Å². The van der Waals surface area contributed by atoms with Gasteiger partial charge in [0, 0.05) is 12.1 Å². The van der Waals surface area contributed by atoms with Crippen LogP contribution in [0.1, 0.15) is 51.5 Å². The van der Waals surface area contributed by atoms with E-state index in [-0.39, 0.29) is 0 Å². The lowest BCUT2D eigenvalue weighted by Gasteiger charge is -2.37. The molecule has 1 fully saturated rings. The number of hydrogen-bond acceptors (Lipinski definition) is 2. The second kappa shape index (κ2) is 7.12. The van der Waals surface area contributed by atoms with Crippen molar-refractivity contribution >= 4 is 0 Å². The predicted octanol–water partition coefficient (Wildman–Crippen LogP) is 4.22. The third-order valence-corrected chi connectivity index (χ3v) is 5.04. The molecule has 2 heteroatoms. The maximum atomic E-state index is 9.31. The van der Waals surface area contributed by atoms with E-state index < -0.39 is 0 Å². The minimum Gasteiger partial charge on any atom is -0.508 e. The fourth-order valence-electron chi connectivity index (χ4n) is 3.25. The van der Waals surface area contributed by atoms with Crippen LogP contribution in [0.4, 0.5) is 0 Å². The van der Waals surface area contributed by atoms with Crippen LogP contribution in [0.2, 0.25) is 0 Å². The molecule has 0 heterocycles. The van der Waals surface area contributed by atoms with Gasteiger partial charge < -0.3 is 10.0 Å². The molecule has 1 aliphatic rings. The SMILES string of the molecule is CC1CCC(N(C)C(C)CCc2ccc(O)cc2)CC1. The first-order valence-electron chi connectivity index (χ1n) is 8.06. The van der Waals surface area contributed by atoms with E-state index in [9.17, 15) is 5.11 Å². The third kappa shape index (κ3) is 4.24. The molecule has 0 saturated heterocycles. The van der Waals surface area contributed by atoms with Gasteiger partial charge in [0.1, 0.15) is 5.75 Å². The van der Waals surface area contributed by atoms with Crippen molar-refractivity contribution in [3.63, 3.8) is 0 Å². The van der Waals surface area contributed by atoms with Gasteiger partial charge in [-0.3, -0.25) is 0 Å². The van der Waals surface area contributed by atoms with Crippen molar-refractivity contribution < 1.29 is 5.11 Å². The highest BCUT2D eigenvalue weighted by Crippen LogP contribution is 2.28. The zero-order valence-corrected chi connectivity index (χ0v) is 13.2. The van der Waals surface area contributed by atoms with E-state index in [4.69, 9.17) is 0 Å². The standard InChI is InChI=1S/C18H29NO/c1-14-4-10-17(11-5-14)19(3)15(2)6-7-16-8-12-18(20)13-9-16/h8-9,12-15,17,20H,4-7,10-11H2,1-3H3. The zero-order valence-electron chi connectivity index (χ0n) is 13.2. The fraction of sp³-hybridized carbons (Fsp3) is 0.667. The summed E-state index contributed by atoms with van der Waals surface area (Å²) in [6.45, 7) is 4.73. The molecule has 1 aromatic carbocycles. The van der Waals surface area contributed by atoms with Crippen LogP contribution in [0.5, 0.6) is 5.75 Å². The number of hydrogen-bond donors (Lipinski definition) is 1. The van der Waals surface area contributed by atoms with Crippen LogP contribution in [0, 0.1) is 5.92 Å². The highest BCUT2D eigenvalue weighted by molar-refractivity contribution is 5.25. The lowest BCUT2D eigenvalue weighted by molar-refractivity contribution is 0.126. The second-order valence-corrected chi connectivity index (χ2v) is 6.63. The third-order valence-electron chi connectivity index (χ3n) is 5.04. The minimum atomic E-state index is 0.357. The molecule has 1 N–H and O–H groups in total. The van der Waals surface area contributed by atoms with Gasteiger partial charge in [0.15, 0.2) is 0 Å². The molecule has 1 saturated carbocycles. The van der Waals surface area contributed by atoms with Crippen molar-refractivity contribution in [2.24, 2.45) is 5.92 Å². The molecule has 2 nitrogen and oxygen atoms in total. The molecule has 2 rings (SSSR count). The summed E-state index contributed by atoms with van der Waals surface area (Å²) < 4.78 is 0. The van der Waals surface area contributed by atoms with Crippen molar-refractivity contribution in [2.75, 3.05) is 7.05 Å². The van der Waals surface area contributed by atoms with Crippen molar-refractivity contribution in [1.82, 2.24) is 4.90 Å². The average Bonchev–Trinajstić information content (AvgIpc) is 2.46. The van der Waals surface area contributed by atoms with Crippen LogP contribution < -0.4 is 0 Å². The highest BCUT2D eigenvalue weighted by atomic mass is 16.3. The Hall–Kier alpha value is -1.02. The van der Waals surface area contributed by atoms with Crippen LogP contribution in [0.3, 0.4) is 0 Å². The Labute approximate surface area is 123 Å². The molecule has 1 aliphatic carbocycles. The van der Waals surface area contributed by atoms with E-state index in [0.717, 1.165) is 18.4 Å². The summed E-state index contributed by atoms with van der Waals surface area (Å²) in [6.07, 6.45) is 7.78. The Morgan fingerprint density at radius 3 is 2.35 bits per heavy atom. The van der Waals surface area contributed by atoms with Crippen LogP contribution in [-0.2, 0) is 6.42 Å². The van der Waals surface area contributed by atoms with Gasteiger partial charge in [0.25, 0.3) is 0 Å². The van der Waals surface area contributed by atoms with E-state index >= 15 is 0 Å². The van der Waals surface area contributed by atoms with Crippen LogP contribution >= 0.6 is 0 Å². The number of phenolic OH excluding ortho intramolecular Hbond substituents is 1. The first kappa shape index (κ1) is 15.4. The van der Waals surface area contributed by atoms with Gasteiger partial charge in [-0.15, -0.1) is 0 Å². The number of rotatable bonds is 5. The summed E-state index contributed by atoms with van der Waals surface area (Å²) in [6, 6.07) is 9.04. The highest BCUT2D eigenvalue weighted by Gasteiger charge is 2.24. The summed E-state index contributed by atoms with van der Waals surface area (Å²) in [5.41, 5.74) is 1.32. The molecular formula is C18H29NO. The first-order valence-corrected chi connectivity index (χ1v) is 8.06. The summed E-state index contributed by atoms with van der Waals surface area (Å²) in [4.78, 5) is 2.59. The molecule has 1 atom stereocenters. The molecular weight excluding hydrogens is 246 g/mol. The predicted molar refractivity (Wildman–Crippen MR) is 85.1 cm³/mol.